The second kappa shape index (κ2) is 7.03. The van der Waals surface area contributed by atoms with Crippen molar-refractivity contribution in [2.24, 2.45) is 5.73 Å². The zero-order chi connectivity index (χ0) is 15.4. The number of aliphatic hydroxyl groups is 1. The minimum absolute atomic E-state index is 0.224. The lowest BCUT2D eigenvalue weighted by Crippen LogP contribution is -2.20. The lowest BCUT2D eigenvalue weighted by Gasteiger charge is -2.23. The maximum Gasteiger partial charge on any atom is 0.124 e. The smallest absolute Gasteiger partial charge is 0.124 e. The third kappa shape index (κ3) is 3.62. The Morgan fingerprint density at radius 3 is 2.38 bits per heavy atom. The van der Waals surface area contributed by atoms with Crippen molar-refractivity contribution >= 4 is 11.6 Å². The highest BCUT2D eigenvalue weighted by atomic mass is 35.5. The van der Waals surface area contributed by atoms with Gasteiger partial charge in [0.05, 0.1) is 6.10 Å². The Morgan fingerprint density at radius 1 is 1.19 bits per heavy atom. The summed E-state index contributed by atoms with van der Waals surface area (Å²) in [7, 11) is 0. The molecule has 2 aromatic carbocycles. The van der Waals surface area contributed by atoms with E-state index in [-0.39, 0.29) is 17.5 Å². The number of aryl methyl sites for hydroxylation is 1. The van der Waals surface area contributed by atoms with Crippen molar-refractivity contribution in [2.45, 2.75) is 25.4 Å². The van der Waals surface area contributed by atoms with Crippen LogP contribution < -0.4 is 5.73 Å². The van der Waals surface area contributed by atoms with Gasteiger partial charge in [0.15, 0.2) is 0 Å². The van der Waals surface area contributed by atoms with E-state index in [1.807, 2.05) is 24.3 Å². The van der Waals surface area contributed by atoms with Gasteiger partial charge < -0.3 is 10.8 Å². The maximum absolute atomic E-state index is 13.1. The summed E-state index contributed by atoms with van der Waals surface area (Å²) < 4.78 is 13.1. The van der Waals surface area contributed by atoms with Crippen LogP contribution in [0.15, 0.2) is 42.5 Å². The predicted molar refractivity (Wildman–Crippen MR) is 84.0 cm³/mol. The van der Waals surface area contributed by atoms with Crippen LogP contribution in [0.3, 0.4) is 0 Å². The first-order valence-electron chi connectivity index (χ1n) is 6.98. The van der Waals surface area contributed by atoms with E-state index in [0.29, 0.717) is 5.56 Å². The van der Waals surface area contributed by atoms with Crippen molar-refractivity contribution in [2.75, 3.05) is 6.54 Å². The number of hydrogen-bond acceptors (Lipinski definition) is 2. The molecule has 0 amide bonds. The lowest BCUT2D eigenvalue weighted by atomic mass is 9.88. The molecule has 0 radical (unpaired) electrons. The van der Waals surface area contributed by atoms with Crippen LogP contribution in [0.1, 0.15) is 35.6 Å². The highest BCUT2D eigenvalue weighted by Crippen LogP contribution is 2.34. The third-order valence-electron chi connectivity index (χ3n) is 3.73. The number of nitrogens with two attached hydrogens (primary N) is 1. The normalized spacial score (nSPS) is 14.0. The monoisotopic (exact) mass is 307 g/mol. The van der Waals surface area contributed by atoms with E-state index in [9.17, 15) is 9.50 Å². The predicted octanol–water partition coefficient (Wildman–Crippen LogP) is 3.82. The fourth-order valence-electron chi connectivity index (χ4n) is 2.41. The molecule has 0 aromatic heterocycles. The van der Waals surface area contributed by atoms with E-state index in [1.54, 1.807) is 6.07 Å². The fraction of sp³-hybridized carbons (Fsp3) is 0.294. The van der Waals surface area contributed by atoms with Gasteiger partial charge in [-0.1, -0.05) is 48.9 Å². The summed E-state index contributed by atoms with van der Waals surface area (Å²) >= 11 is 6.08. The summed E-state index contributed by atoms with van der Waals surface area (Å²) in [5.74, 6) is -0.771. The molecule has 0 aliphatic carbocycles. The first-order chi connectivity index (χ1) is 10.1. The van der Waals surface area contributed by atoms with Crippen molar-refractivity contribution in [3.8, 4) is 0 Å². The van der Waals surface area contributed by atoms with Gasteiger partial charge in [-0.15, -0.1) is 0 Å². The molecule has 21 heavy (non-hydrogen) atoms. The van der Waals surface area contributed by atoms with Gasteiger partial charge >= 0.3 is 0 Å². The molecule has 2 unspecified atom stereocenters. The number of hydrogen-bond donors (Lipinski definition) is 2. The minimum Gasteiger partial charge on any atom is -0.388 e. The van der Waals surface area contributed by atoms with Gasteiger partial charge in [-0.2, -0.15) is 0 Å². The average molecular weight is 308 g/mol. The first kappa shape index (κ1) is 16.0. The highest BCUT2D eigenvalue weighted by Gasteiger charge is 2.23. The van der Waals surface area contributed by atoms with Crippen LogP contribution in [0.2, 0.25) is 5.02 Å². The number of halogens is 2. The van der Waals surface area contributed by atoms with Crippen LogP contribution >= 0.6 is 11.6 Å². The van der Waals surface area contributed by atoms with Crippen molar-refractivity contribution in [3.05, 3.63) is 70.0 Å². The summed E-state index contributed by atoms with van der Waals surface area (Å²) in [4.78, 5) is 0. The third-order valence-corrected chi connectivity index (χ3v) is 4.05. The maximum atomic E-state index is 13.1. The van der Waals surface area contributed by atoms with Gasteiger partial charge in [-0.25, -0.2) is 4.39 Å². The van der Waals surface area contributed by atoms with E-state index in [0.717, 1.165) is 12.0 Å². The number of aliphatic hydroxyl groups excluding tert-OH is 1. The first-order valence-corrected chi connectivity index (χ1v) is 7.36. The summed E-state index contributed by atoms with van der Waals surface area (Å²) in [6.45, 7) is 2.30. The summed E-state index contributed by atoms with van der Waals surface area (Å²) in [6.07, 6.45) is 0.171. The Kier molecular flexibility index (Phi) is 5.34. The van der Waals surface area contributed by atoms with Crippen molar-refractivity contribution in [1.29, 1.82) is 0 Å². The molecule has 0 aliphatic heterocycles. The average Bonchev–Trinajstić information content (AvgIpc) is 2.50. The number of rotatable bonds is 5. The van der Waals surface area contributed by atoms with Gasteiger partial charge in [0.2, 0.25) is 0 Å². The van der Waals surface area contributed by atoms with Gasteiger partial charge in [-0.05, 0) is 35.2 Å². The fourth-order valence-corrected chi connectivity index (χ4v) is 2.72. The summed E-state index contributed by atoms with van der Waals surface area (Å²) in [5.41, 5.74) is 8.44. The minimum atomic E-state index is -0.774. The van der Waals surface area contributed by atoms with Crippen LogP contribution in [-0.2, 0) is 6.42 Å². The Bertz CT molecular complexity index is 600. The Hall–Kier alpha value is -1.42. The van der Waals surface area contributed by atoms with Crippen molar-refractivity contribution in [1.82, 2.24) is 0 Å². The van der Waals surface area contributed by atoms with Crippen molar-refractivity contribution in [3.63, 3.8) is 0 Å². The molecule has 0 bridgehead atoms. The van der Waals surface area contributed by atoms with Gasteiger partial charge in [0.25, 0.3) is 0 Å². The van der Waals surface area contributed by atoms with Crippen molar-refractivity contribution < 1.29 is 9.50 Å². The van der Waals surface area contributed by atoms with Crippen LogP contribution in [0, 0.1) is 5.82 Å². The SMILES string of the molecule is CCc1ccc(C(O)C(CN)c2ccc(F)cc2Cl)cc1. The second-order valence-corrected chi connectivity index (χ2v) is 5.46. The molecule has 0 aliphatic rings. The van der Waals surface area contributed by atoms with E-state index < -0.39 is 11.9 Å². The van der Waals surface area contributed by atoms with Gasteiger partial charge in [-0.3, -0.25) is 0 Å². The van der Waals surface area contributed by atoms with E-state index in [4.69, 9.17) is 17.3 Å². The molecular weight excluding hydrogens is 289 g/mol. The molecule has 4 heteroatoms. The van der Waals surface area contributed by atoms with E-state index in [2.05, 4.69) is 6.92 Å². The lowest BCUT2D eigenvalue weighted by molar-refractivity contribution is 0.147. The molecule has 2 rings (SSSR count). The molecule has 0 heterocycles. The van der Waals surface area contributed by atoms with Gasteiger partial charge in [0.1, 0.15) is 5.82 Å². The molecule has 0 spiro atoms. The van der Waals surface area contributed by atoms with Gasteiger partial charge in [0, 0.05) is 17.5 Å². The zero-order valence-corrected chi connectivity index (χ0v) is 12.6. The van der Waals surface area contributed by atoms with Crippen LogP contribution in [0.5, 0.6) is 0 Å². The van der Waals surface area contributed by atoms with Crippen LogP contribution in [-0.4, -0.2) is 11.7 Å². The summed E-state index contributed by atoms with van der Waals surface area (Å²) in [5, 5.41) is 10.8. The highest BCUT2D eigenvalue weighted by molar-refractivity contribution is 6.31. The van der Waals surface area contributed by atoms with E-state index >= 15 is 0 Å². The van der Waals surface area contributed by atoms with Crippen LogP contribution in [0.4, 0.5) is 4.39 Å². The Labute approximate surface area is 129 Å². The summed E-state index contributed by atoms with van der Waals surface area (Å²) in [6, 6.07) is 11.9. The zero-order valence-electron chi connectivity index (χ0n) is 11.9. The topological polar surface area (TPSA) is 46.2 Å². The molecule has 2 atom stereocenters. The van der Waals surface area contributed by atoms with Crippen LogP contribution in [0.25, 0.3) is 0 Å². The second-order valence-electron chi connectivity index (χ2n) is 5.05. The standard InChI is InChI=1S/C17H19ClFNO/c1-2-11-3-5-12(6-4-11)17(21)15(10-20)14-8-7-13(19)9-16(14)18/h3-9,15,17,21H,2,10,20H2,1H3. The molecule has 2 aromatic rings. The number of benzene rings is 2. The molecular formula is C17H19ClFNO. The quantitative estimate of drug-likeness (QED) is 0.882. The molecule has 2 nitrogen and oxygen atoms in total. The largest absolute Gasteiger partial charge is 0.388 e. The Balaban J connectivity index is 2.30. The molecule has 0 fully saturated rings. The molecule has 0 saturated carbocycles. The molecule has 112 valence electrons. The van der Waals surface area contributed by atoms with E-state index in [1.165, 1.54) is 17.7 Å². The Morgan fingerprint density at radius 2 is 1.86 bits per heavy atom. The molecule has 3 N–H and O–H groups in total. The molecule has 0 saturated heterocycles.